The summed E-state index contributed by atoms with van der Waals surface area (Å²) in [4.78, 5) is 13.7. The predicted octanol–water partition coefficient (Wildman–Crippen LogP) is 1.83. The summed E-state index contributed by atoms with van der Waals surface area (Å²) in [5, 5.41) is 0. The number of rotatable bonds is 5. The Kier molecular flexibility index (Phi) is 5.90. The summed E-state index contributed by atoms with van der Waals surface area (Å²) in [7, 11) is 1.41. The summed E-state index contributed by atoms with van der Waals surface area (Å²) >= 11 is 1.50. The van der Waals surface area contributed by atoms with Gasteiger partial charge in [-0.25, -0.2) is 9.03 Å². The molecular weight excluding hydrogens is 286 g/mol. The Hall–Kier alpha value is -1.24. The molecule has 5 nitrogen and oxygen atoms in total. The monoisotopic (exact) mass is 309 g/mol. The molecule has 1 aromatic rings. The molecular formula is C15H23N3O2S. The van der Waals surface area contributed by atoms with Crippen LogP contribution in [0.1, 0.15) is 12.5 Å². The Labute approximate surface area is 130 Å². The van der Waals surface area contributed by atoms with Gasteiger partial charge < -0.3 is 9.64 Å². The number of nitrogens with one attached hydrogen (secondary N) is 1. The number of anilines is 1. The number of hydrogen-bond acceptors (Lipinski definition) is 6. The standard InChI is InChI=1S/C15H23N3O2S/c1-12-4-6-14(7-5-12)17-8-10-18(11-9-17)21-16-13(2)15(19)20-3/h4-7,13,16H,8-11H2,1-3H3/t13-/m1/s1. The average molecular weight is 309 g/mol. The lowest BCUT2D eigenvalue weighted by Crippen LogP contribution is -2.45. The third-order valence-electron chi connectivity index (χ3n) is 3.55. The lowest BCUT2D eigenvalue weighted by molar-refractivity contribution is -0.142. The molecule has 0 radical (unpaired) electrons. The minimum atomic E-state index is -0.296. The van der Waals surface area contributed by atoms with Crippen LogP contribution in [0.15, 0.2) is 24.3 Å². The van der Waals surface area contributed by atoms with Crippen LogP contribution >= 0.6 is 12.1 Å². The maximum absolute atomic E-state index is 11.3. The van der Waals surface area contributed by atoms with Gasteiger partial charge in [-0.3, -0.25) is 4.79 Å². The predicted molar refractivity (Wildman–Crippen MR) is 87.2 cm³/mol. The van der Waals surface area contributed by atoms with E-state index in [1.807, 2.05) is 0 Å². The topological polar surface area (TPSA) is 44.8 Å². The maximum atomic E-state index is 11.3. The fourth-order valence-electron chi connectivity index (χ4n) is 2.17. The summed E-state index contributed by atoms with van der Waals surface area (Å²) in [6.45, 7) is 7.81. The van der Waals surface area contributed by atoms with Crippen molar-refractivity contribution in [1.29, 1.82) is 0 Å². The van der Waals surface area contributed by atoms with E-state index >= 15 is 0 Å². The van der Waals surface area contributed by atoms with Gasteiger partial charge in [-0.1, -0.05) is 17.7 Å². The third-order valence-corrected chi connectivity index (χ3v) is 4.63. The highest BCUT2D eigenvalue weighted by molar-refractivity contribution is 7.95. The van der Waals surface area contributed by atoms with Crippen LogP contribution in [-0.2, 0) is 9.53 Å². The van der Waals surface area contributed by atoms with Gasteiger partial charge in [0.05, 0.1) is 7.11 Å². The lowest BCUT2D eigenvalue weighted by Gasteiger charge is -2.35. The van der Waals surface area contributed by atoms with Crippen LogP contribution in [0.3, 0.4) is 0 Å². The van der Waals surface area contributed by atoms with E-state index in [-0.39, 0.29) is 12.0 Å². The minimum Gasteiger partial charge on any atom is -0.468 e. The number of carbonyl (C=O) groups excluding carboxylic acids is 1. The maximum Gasteiger partial charge on any atom is 0.323 e. The van der Waals surface area contributed by atoms with Crippen molar-refractivity contribution in [3.8, 4) is 0 Å². The number of ether oxygens (including phenoxy) is 1. The molecule has 0 amide bonds. The van der Waals surface area contributed by atoms with Crippen molar-refractivity contribution in [3.05, 3.63) is 29.8 Å². The first-order valence-corrected chi connectivity index (χ1v) is 7.94. The molecule has 1 aromatic carbocycles. The number of piperazine rings is 1. The fourth-order valence-corrected chi connectivity index (χ4v) is 2.92. The Morgan fingerprint density at radius 2 is 1.86 bits per heavy atom. The smallest absolute Gasteiger partial charge is 0.323 e. The third kappa shape index (κ3) is 4.62. The fraction of sp³-hybridized carbons (Fsp3) is 0.533. The summed E-state index contributed by atoms with van der Waals surface area (Å²) in [5.74, 6) is -0.235. The van der Waals surface area contributed by atoms with Crippen molar-refractivity contribution >= 4 is 23.8 Å². The number of nitrogens with zero attached hydrogens (tertiary/aromatic N) is 2. The van der Waals surface area contributed by atoms with E-state index in [4.69, 9.17) is 4.74 Å². The molecule has 1 aliphatic heterocycles. The summed E-state index contributed by atoms with van der Waals surface area (Å²) < 4.78 is 10.0. The summed E-state index contributed by atoms with van der Waals surface area (Å²) in [6, 6.07) is 8.35. The molecule has 1 atom stereocenters. The van der Waals surface area contributed by atoms with Gasteiger partial charge in [0.2, 0.25) is 0 Å². The Morgan fingerprint density at radius 1 is 1.24 bits per heavy atom. The molecule has 0 aromatic heterocycles. The zero-order valence-corrected chi connectivity index (χ0v) is 13.7. The van der Waals surface area contributed by atoms with Crippen molar-refractivity contribution in [2.24, 2.45) is 0 Å². The normalized spacial score (nSPS) is 17.6. The number of methoxy groups -OCH3 is 1. The number of carbonyl (C=O) groups is 1. The van der Waals surface area contributed by atoms with E-state index in [1.165, 1.54) is 30.5 Å². The van der Waals surface area contributed by atoms with Crippen molar-refractivity contribution in [1.82, 2.24) is 9.03 Å². The largest absolute Gasteiger partial charge is 0.468 e. The van der Waals surface area contributed by atoms with Crippen molar-refractivity contribution in [2.45, 2.75) is 19.9 Å². The first-order chi connectivity index (χ1) is 10.1. The number of benzene rings is 1. The van der Waals surface area contributed by atoms with Gasteiger partial charge in [0.25, 0.3) is 0 Å². The summed E-state index contributed by atoms with van der Waals surface area (Å²) in [6.07, 6.45) is 0. The van der Waals surface area contributed by atoms with Gasteiger partial charge in [0.15, 0.2) is 0 Å². The average Bonchev–Trinajstić information content (AvgIpc) is 2.53. The highest BCUT2D eigenvalue weighted by Gasteiger charge is 2.20. The first kappa shape index (κ1) is 16.1. The number of hydrogen-bond donors (Lipinski definition) is 1. The molecule has 1 N–H and O–H groups in total. The Bertz CT molecular complexity index is 458. The zero-order valence-electron chi connectivity index (χ0n) is 12.8. The molecule has 116 valence electrons. The Balaban J connectivity index is 1.75. The van der Waals surface area contributed by atoms with Crippen molar-refractivity contribution < 1.29 is 9.53 Å². The van der Waals surface area contributed by atoms with Crippen LogP contribution in [0.2, 0.25) is 0 Å². The molecule has 2 rings (SSSR count). The molecule has 0 unspecified atom stereocenters. The molecule has 0 bridgehead atoms. The Morgan fingerprint density at radius 3 is 2.43 bits per heavy atom. The molecule has 1 heterocycles. The van der Waals surface area contributed by atoms with E-state index in [9.17, 15) is 4.79 Å². The molecule has 1 saturated heterocycles. The van der Waals surface area contributed by atoms with Crippen LogP contribution < -0.4 is 9.62 Å². The van der Waals surface area contributed by atoms with E-state index in [0.717, 1.165) is 26.2 Å². The second-order valence-corrected chi connectivity index (χ2v) is 6.14. The molecule has 21 heavy (non-hydrogen) atoms. The second kappa shape index (κ2) is 7.68. The van der Waals surface area contributed by atoms with E-state index in [0.29, 0.717) is 0 Å². The molecule has 0 spiro atoms. The van der Waals surface area contributed by atoms with Gasteiger partial charge in [-0.05, 0) is 26.0 Å². The van der Waals surface area contributed by atoms with E-state index < -0.39 is 0 Å². The van der Waals surface area contributed by atoms with Gasteiger partial charge in [0, 0.05) is 44.0 Å². The SMILES string of the molecule is COC(=O)[C@@H](C)NSN1CCN(c2ccc(C)cc2)CC1. The summed E-state index contributed by atoms with van der Waals surface area (Å²) in [5.41, 5.74) is 2.56. The van der Waals surface area contributed by atoms with Gasteiger partial charge >= 0.3 is 5.97 Å². The van der Waals surface area contributed by atoms with E-state index in [2.05, 4.69) is 45.1 Å². The quantitative estimate of drug-likeness (QED) is 0.661. The van der Waals surface area contributed by atoms with Gasteiger partial charge in [0.1, 0.15) is 6.04 Å². The van der Waals surface area contributed by atoms with Crippen LogP contribution in [-0.4, -0.2) is 49.6 Å². The highest BCUT2D eigenvalue weighted by atomic mass is 32.2. The zero-order chi connectivity index (χ0) is 15.2. The van der Waals surface area contributed by atoms with Crippen LogP contribution in [0.4, 0.5) is 5.69 Å². The minimum absolute atomic E-state index is 0.235. The highest BCUT2D eigenvalue weighted by Crippen LogP contribution is 2.19. The van der Waals surface area contributed by atoms with Gasteiger partial charge in [-0.15, -0.1) is 0 Å². The molecule has 6 heteroatoms. The van der Waals surface area contributed by atoms with Crippen LogP contribution in [0.25, 0.3) is 0 Å². The molecule has 0 aliphatic carbocycles. The van der Waals surface area contributed by atoms with E-state index in [1.54, 1.807) is 6.92 Å². The van der Waals surface area contributed by atoms with Crippen molar-refractivity contribution in [3.63, 3.8) is 0 Å². The molecule has 0 saturated carbocycles. The van der Waals surface area contributed by atoms with Crippen LogP contribution in [0.5, 0.6) is 0 Å². The number of aryl methyl sites for hydroxylation is 1. The molecule has 1 fully saturated rings. The molecule has 1 aliphatic rings. The lowest BCUT2D eigenvalue weighted by atomic mass is 10.2. The van der Waals surface area contributed by atoms with Gasteiger partial charge in [-0.2, -0.15) is 0 Å². The number of esters is 1. The van der Waals surface area contributed by atoms with Crippen molar-refractivity contribution in [2.75, 3.05) is 38.2 Å². The van der Waals surface area contributed by atoms with Crippen LogP contribution in [0, 0.1) is 6.92 Å². The first-order valence-electron chi connectivity index (χ1n) is 7.17. The second-order valence-electron chi connectivity index (χ2n) is 5.21.